The number of para-hydroxylation sites is 1. The molecule has 2 N–H and O–H groups in total. The number of halogens is 3. The highest BCUT2D eigenvalue weighted by atomic mass is 19.4. The molecule has 1 rings (SSSR count). The third kappa shape index (κ3) is 5.93. The van der Waals surface area contributed by atoms with Crippen LogP contribution in [-0.2, 0) is 0 Å². The molecule has 0 bridgehead atoms. The number of alkyl halides is 3. The summed E-state index contributed by atoms with van der Waals surface area (Å²) in [6.07, 6.45) is -3.75. The molecule has 0 aromatic heterocycles. The van der Waals surface area contributed by atoms with E-state index >= 15 is 0 Å². The maximum atomic E-state index is 12.5. The Kier molecular flexibility index (Phi) is 6.48. The van der Waals surface area contributed by atoms with E-state index in [-0.39, 0.29) is 18.3 Å². The van der Waals surface area contributed by atoms with Gasteiger partial charge in [-0.3, -0.25) is 4.90 Å². The third-order valence-electron chi connectivity index (χ3n) is 3.32. The standard InChI is InChI=1S/C15H23F3N2O/c1-11(2)8-9-20(3)13(10-19)12-6-4-5-7-14(12)21-15(16,17)18/h4-7,11,13H,8-10,19H2,1-3H3. The van der Waals surface area contributed by atoms with Gasteiger partial charge in [0.1, 0.15) is 5.75 Å². The van der Waals surface area contributed by atoms with E-state index in [9.17, 15) is 13.2 Å². The van der Waals surface area contributed by atoms with Gasteiger partial charge >= 0.3 is 6.36 Å². The molecule has 1 unspecified atom stereocenters. The van der Waals surface area contributed by atoms with Crippen molar-refractivity contribution in [2.75, 3.05) is 20.1 Å². The molecule has 1 aromatic carbocycles. The van der Waals surface area contributed by atoms with Crippen molar-refractivity contribution in [3.8, 4) is 5.75 Å². The SMILES string of the molecule is CC(C)CCN(C)C(CN)c1ccccc1OC(F)(F)F. The fourth-order valence-electron chi connectivity index (χ4n) is 2.14. The molecule has 0 aliphatic heterocycles. The number of likely N-dealkylation sites (N-methyl/N-ethyl adjacent to an activating group) is 1. The van der Waals surface area contributed by atoms with Gasteiger partial charge in [-0.1, -0.05) is 32.0 Å². The van der Waals surface area contributed by atoms with Gasteiger partial charge in [-0.15, -0.1) is 13.2 Å². The van der Waals surface area contributed by atoms with Crippen molar-refractivity contribution < 1.29 is 17.9 Å². The first-order valence-corrected chi connectivity index (χ1v) is 6.99. The minimum absolute atomic E-state index is 0.183. The summed E-state index contributed by atoms with van der Waals surface area (Å²) in [5.74, 6) is 0.337. The highest BCUT2D eigenvalue weighted by Gasteiger charge is 2.33. The molecule has 0 saturated carbocycles. The smallest absolute Gasteiger partial charge is 0.405 e. The lowest BCUT2D eigenvalue weighted by Gasteiger charge is -2.29. The second-order valence-electron chi connectivity index (χ2n) is 5.50. The van der Waals surface area contributed by atoms with Gasteiger partial charge in [-0.25, -0.2) is 0 Å². The number of nitrogens with zero attached hydrogens (tertiary/aromatic N) is 1. The van der Waals surface area contributed by atoms with E-state index < -0.39 is 6.36 Å². The van der Waals surface area contributed by atoms with Gasteiger partial charge in [0.15, 0.2) is 0 Å². The second-order valence-corrected chi connectivity index (χ2v) is 5.50. The van der Waals surface area contributed by atoms with E-state index in [0.29, 0.717) is 11.5 Å². The van der Waals surface area contributed by atoms with Gasteiger partial charge in [0.05, 0.1) is 6.04 Å². The first-order valence-electron chi connectivity index (χ1n) is 6.99. The molecule has 21 heavy (non-hydrogen) atoms. The van der Waals surface area contributed by atoms with Gasteiger partial charge in [0, 0.05) is 12.1 Å². The highest BCUT2D eigenvalue weighted by Crippen LogP contribution is 2.32. The summed E-state index contributed by atoms with van der Waals surface area (Å²) in [6.45, 7) is 5.20. The average molecular weight is 304 g/mol. The first kappa shape index (κ1) is 17.8. The van der Waals surface area contributed by atoms with Gasteiger partial charge in [0.25, 0.3) is 0 Å². The van der Waals surface area contributed by atoms with E-state index in [1.54, 1.807) is 12.1 Å². The van der Waals surface area contributed by atoms with Crippen molar-refractivity contribution in [3.63, 3.8) is 0 Å². The predicted molar refractivity (Wildman–Crippen MR) is 77.0 cm³/mol. The largest absolute Gasteiger partial charge is 0.573 e. The van der Waals surface area contributed by atoms with E-state index in [0.717, 1.165) is 13.0 Å². The quantitative estimate of drug-likeness (QED) is 0.837. The molecule has 0 amide bonds. The molecule has 1 atom stereocenters. The topological polar surface area (TPSA) is 38.5 Å². The number of rotatable bonds is 7. The normalized spacial score (nSPS) is 13.8. The zero-order valence-electron chi connectivity index (χ0n) is 12.7. The van der Waals surface area contributed by atoms with Gasteiger partial charge in [-0.2, -0.15) is 0 Å². The van der Waals surface area contributed by atoms with Gasteiger partial charge < -0.3 is 10.5 Å². The third-order valence-corrected chi connectivity index (χ3v) is 3.32. The van der Waals surface area contributed by atoms with Crippen LogP contribution >= 0.6 is 0 Å². The van der Waals surface area contributed by atoms with Crippen molar-refractivity contribution >= 4 is 0 Å². The van der Waals surface area contributed by atoms with E-state index in [2.05, 4.69) is 18.6 Å². The Morgan fingerprint density at radius 1 is 1.24 bits per heavy atom. The van der Waals surface area contributed by atoms with Crippen molar-refractivity contribution in [1.29, 1.82) is 0 Å². The molecule has 0 fully saturated rings. The summed E-state index contributed by atoms with van der Waals surface area (Å²) in [5.41, 5.74) is 6.23. The lowest BCUT2D eigenvalue weighted by Crippen LogP contribution is -2.32. The molecule has 0 saturated heterocycles. The summed E-state index contributed by atoms with van der Waals surface area (Å²) >= 11 is 0. The fourth-order valence-corrected chi connectivity index (χ4v) is 2.14. The lowest BCUT2D eigenvalue weighted by molar-refractivity contribution is -0.275. The first-order chi connectivity index (χ1) is 9.74. The van der Waals surface area contributed by atoms with Crippen LogP contribution in [0.1, 0.15) is 31.9 Å². The van der Waals surface area contributed by atoms with E-state index in [1.165, 1.54) is 12.1 Å². The van der Waals surface area contributed by atoms with Crippen LogP contribution in [0.15, 0.2) is 24.3 Å². The Balaban J connectivity index is 2.94. The summed E-state index contributed by atoms with van der Waals surface area (Å²) in [5, 5.41) is 0. The summed E-state index contributed by atoms with van der Waals surface area (Å²) in [6, 6.07) is 5.86. The van der Waals surface area contributed by atoms with Crippen LogP contribution in [0.5, 0.6) is 5.75 Å². The van der Waals surface area contributed by atoms with Crippen LogP contribution in [0.25, 0.3) is 0 Å². The molecule has 0 spiro atoms. The van der Waals surface area contributed by atoms with Crippen LogP contribution in [0, 0.1) is 5.92 Å². The Morgan fingerprint density at radius 3 is 2.38 bits per heavy atom. The van der Waals surface area contributed by atoms with E-state index in [4.69, 9.17) is 5.73 Å². The van der Waals surface area contributed by atoms with Gasteiger partial charge in [-0.05, 0) is 32.0 Å². The molecule has 0 heterocycles. The number of hydrogen-bond acceptors (Lipinski definition) is 3. The minimum atomic E-state index is -4.70. The second kappa shape index (κ2) is 7.66. The molecule has 3 nitrogen and oxygen atoms in total. The van der Waals surface area contributed by atoms with Crippen molar-refractivity contribution in [2.45, 2.75) is 32.7 Å². The molecular formula is C15H23F3N2O. The van der Waals surface area contributed by atoms with Crippen LogP contribution in [0.4, 0.5) is 13.2 Å². The summed E-state index contributed by atoms with van der Waals surface area (Å²) in [4.78, 5) is 1.97. The maximum absolute atomic E-state index is 12.5. The molecular weight excluding hydrogens is 281 g/mol. The number of hydrogen-bond donors (Lipinski definition) is 1. The predicted octanol–water partition coefficient (Wildman–Crippen LogP) is 3.56. The van der Waals surface area contributed by atoms with Crippen LogP contribution in [0.2, 0.25) is 0 Å². The molecule has 1 aromatic rings. The Bertz CT molecular complexity index is 435. The number of benzene rings is 1. The van der Waals surface area contributed by atoms with Gasteiger partial charge in [0.2, 0.25) is 0 Å². The average Bonchev–Trinajstić information content (AvgIpc) is 2.37. The molecule has 0 aliphatic carbocycles. The Labute approximate surface area is 123 Å². The van der Waals surface area contributed by atoms with E-state index in [1.807, 2.05) is 11.9 Å². The Hall–Kier alpha value is -1.27. The maximum Gasteiger partial charge on any atom is 0.573 e. The number of nitrogens with two attached hydrogens (primary N) is 1. The monoisotopic (exact) mass is 304 g/mol. The molecule has 6 heteroatoms. The summed E-state index contributed by atoms with van der Waals surface area (Å²) in [7, 11) is 1.87. The van der Waals surface area contributed by atoms with Crippen molar-refractivity contribution in [1.82, 2.24) is 4.90 Å². The van der Waals surface area contributed by atoms with Crippen molar-refractivity contribution in [2.24, 2.45) is 11.7 Å². The fraction of sp³-hybridized carbons (Fsp3) is 0.600. The van der Waals surface area contributed by atoms with Crippen LogP contribution in [0.3, 0.4) is 0 Å². The number of ether oxygens (including phenoxy) is 1. The molecule has 0 aliphatic rings. The minimum Gasteiger partial charge on any atom is -0.405 e. The molecule has 0 radical (unpaired) electrons. The molecule has 120 valence electrons. The van der Waals surface area contributed by atoms with Crippen LogP contribution < -0.4 is 10.5 Å². The van der Waals surface area contributed by atoms with Crippen molar-refractivity contribution in [3.05, 3.63) is 29.8 Å². The Morgan fingerprint density at radius 2 is 1.86 bits per heavy atom. The van der Waals surface area contributed by atoms with Crippen LogP contribution in [-0.4, -0.2) is 31.4 Å². The lowest BCUT2D eigenvalue weighted by atomic mass is 10.0. The zero-order chi connectivity index (χ0) is 16.0. The highest BCUT2D eigenvalue weighted by molar-refractivity contribution is 5.36. The summed E-state index contributed by atoms with van der Waals surface area (Å²) < 4.78 is 41.5. The zero-order valence-corrected chi connectivity index (χ0v) is 12.7.